The number of rotatable bonds is 14. The van der Waals surface area contributed by atoms with Crippen LogP contribution >= 0.6 is 23.6 Å². The zero-order valence-electron chi connectivity index (χ0n) is 26.5. The zero-order chi connectivity index (χ0) is 39.4. The first-order valence-electron chi connectivity index (χ1n) is 14.1. The van der Waals surface area contributed by atoms with Crippen LogP contribution in [0.1, 0.15) is 0 Å². The third-order valence-electron chi connectivity index (χ3n) is 6.73. The largest absolute Gasteiger partial charge is 0.351 e. The molecular formula is C28H22ClN9O12S4. The van der Waals surface area contributed by atoms with Gasteiger partial charge in [0.2, 0.25) is 17.2 Å². The minimum absolute atomic E-state index is 0.0145. The Morgan fingerprint density at radius 1 is 0.833 bits per heavy atom. The van der Waals surface area contributed by atoms with Crippen molar-refractivity contribution in [2.24, 2.45) is 16.0 Å². The number of fused-ring (bicyclic) bond motifs is 1. The van der Waals surface area contributed by atoms with Gasteiger partial charge in [-0.1, -0.05) is 11.6 Å². The maximum Gasteiger partial charge on any atom is 0.316 e. The molecule has 5 rings (SSSR count). The molecule has 0 atom stereocenters. The standard InChI is InChI=1S/C28H22ClN9O12S4/c1-2-52(41,42)18-6-3-15(4-7-18)31-27-34-25(29)35-28(36-27)32-16-5-8-20(21(11-16)33-26(30)39)37-38-22-13-19-14(10-24(22)54(46,47)48)9-17(51-50-49-40)12-23(19)53(43,44)45/h2-13,40H,1H2,(H3,30,33,39)(H,43,44,45)(H,46,47,48)(H2,31,32,34,35,36). The number of hydrogen-bond donors (Lipinski definition) is 7. The Morgan fingerprint density at radius 2 is 1.44 bits per heavy atom. The summed E-state index contributed by atoms with van der Waals surface area (Å²) >= 11 is 6.40. The van der Waals surface area contributed by atoms with Crippen LogP contribution < -0.4 is 21.7 Å². The molecule has 0 unspecified atom stereocenters. The Labute approximate surface area is 313 Å². The molecular weight excluding hydrogens is 818 g/mol. The average molecular weight is 840 g/mol. The van der Waals surface area contributed by atoms with Gasteiger partial charge in [0.25, 0.3) is 20.2 Å². The summed E-state index contributed by atoms with van der Waals surface area (Å²) in [5, 5.41) is 28.0. The molecule has 21 nitrogen and oxygen atoms in total. The first kappa shape index (κ1) is 39.8. The van der Waals surface area contributed by atoms with E-state index in [0.29, 0.717) is 17.7 Å². The van der Waals surface area contributed by atoms with Gasteiger partial charge in [-0.25, -0.2) is 18.5 Å². The van der Waals surface area contributed by atoms with Crippen molar-refractivity contribution in [3.05, 3.63) is 84.0 Å². The van der Waals surface area contributed by atoms with Gasteiger partial charge in [0, 0.05) is 27.1 Å². The summed E-state index contributed by atoms with van der Waals surface area (Å²) in [5.41, 5.74) is 5.15. The smallest absolute Gasteiger partial charge is 0.316 e. The summed E-state index contributed by atoms with van der Waals surface area (Å²) in [6, 6.07) is 12.4. The van der Waals surface area contributed by atoms with Crippen LogP contribution in [0.2, 0.25) is 5.28 Å². The SMILES string of the molecule is C=CS(=O)(=O)c1ccc(Nc2nc(Cl)nc(Nc3ccc(N=Nc4cc5c(S(=O)(=O)O)cc(SOOO)cc5cc4S(=O)(=O)O)c(NC(N)=O)c3)n2)cc1. The van der Waals surface area contributed by atoms with E-state index in [1.807, 2.05) is 0 Å². The molecule has 54 heavy (non-hydrogen) atoms. The number of nitrogens with zero attached hydrogens (tertiary/aromatic N) is 5. The maximum absolute atomic E-state index is 12.4. The number of urea groups is 1. The summed E-state index contributed by atoms with van der Waals surface area (Å²) in [7, 11) is -13.7. The Balaban J connectivity index is 1.49. The van der Waals surface area contributed by atoms with Crippen LogP contribution in [0.3, 0.4) is 0 Å². The molecule has 2 amide bonds. The lowest BCUT2D eigenvalue weighted by Gasteiger charge is -2.12. The average Bonchev–Trinajstić information content (AvgIpc) is 3.08. The highest BCUT2D eigenvalue weighted by Gasteiger charge is 2.23. The van der Waals surface area contributed by atoms with Gasteiger partial charge in [-0.15, -0.1) is 14.6 Å². The fraction of sp³-hybridized carbons (Fsp3) is 0. The Kier molecular flexibility index (Phi) is 11.8. The van der Waals surface area contributed by atoms with E-state index < -0.39 is 51.6 Å². The van der Waals surface area contributed by atoms with Crippen molar-refractivity contribution in [3.8, 4) is 0 Å². The van der Waals surface area contributed by atoms with E-state index in [2.05, 4.69) is 57.1 Å². The highest BCUT2D eigenvalue weighted by atomic mass is 35.5. The van der Waals surface area contributed by atoms with Crippen LogP contribution in [0, 0.1) is 0 Å². The number of aromatic nitrogens is 3. The number of carbonyl (C=O) groups is 1. The molecule has 0 saturated carbocycles. The third kappa shape index (κ3) is 9.79. The van der Waals surface area contributed by atoms with Crippen molar-refractivity contribution in [2.45, 2.75) is 19.6 Å². The van der Waals surface area contributed by atoms with Crippen LogP contribution in [-0.2, 0) is 39.4 Å². The van der Waals surface area contributed by atoms with Gasteiger partial charge in [-0.2, -0.15) is 31.8 Å². The van der Waals surface area contributed by atoms with Crippen molar-refractivity contribution in [1.29, 1.82) is 0 Å². The van der Waals surface area contributed by atoms with Crippen molar-refractivity contribution < 1.29 is 53.8 Å². The molecule has 1 aromatic heterocycles. The number of nitrogens with one attached hydrogen (secondary N) is 3. The summed E-state index contributed by atoms with van der Waals surface area (Å²) in [6.45, 7) is 3.28. The lowest BCUT2D eigenvalue weighted by molar-refractivity contribution is -0.432. The normalized spacial score (nSPS) is 12.1. The molecule has 0 bridgehead atoms. The van der Waals surface area contributed by atoms with Gasteiger partial charge in [-0.3, -0.25) is 9.11 Å². The van der Waals surface area contributed by atoms with Gasteiger partial charge in [0.15, 0.2) is 9.84 Å². The number of anilines is 5. The highest BCUT2D eigenvalue weighted by Crippen LogP contribution is 2.38. The maximum atomic E-state index is 12.4. The van der Waals surface area contributed by atoms with Crippen molar-refractivity contribution in [1.82, 2.24) is 15.0 Å². The van der Waals surface area contributed by atoms with Crippen LogP contribution in [0.4, 0.5) is 45.1 Å². The molecule has 0 saturated heterocycles. The van der Waals surface area contributed by atoms with Crippen molar-refractivity contribution in [2.75, 3.05) is 16.0 Å². The zero-order valence-corrected chi connectivity index (χ0v) is 30.5. The van der Waals surface area contributed by atoms with Gasteiger partial charge in [-0.05, 0) is 83.7 Å². The summed E-state index contributed by atoms with van der Waals surface area (Å²) < 4.78 is 97.3. The fourth-order valence-electron chi connectivity index (χ4n) is 4.51. The first-order valence-corrected chi connectivity index (χ1v) is 19.7. The molecule has 26 heteroatoms. The highest BCUT2D eigenvalue weighted by molar-refractivity contribution is 7.94. The van der Waals surface area contributed by atoms with E-state index in [0.717, 1.165) is 23.6 Å². The number of benzene rings is 4. The molecule has 0 spiro atoms. The Morgan fingerprint density at radius 3 is 2.04 bits per heavy atom. The van der Waals surface area contributed by atoms with Crippen LogP contribution in [0.15, 0.2) is 109 Å². The first-order chi connectivity index (χ1) is 25.4. The molecule has 1 heterocycles. The fourth-order valence-corrected chi connectivity index (χ4v) is 7.27. The Bertz CT molecular complexity index is 2670. The van der Waals surface area contributed by atoms with Gasteiger partial charge in [0.1, 0.15) is 21.2 Å². The number of primary amides is 1. The molecule has 0 fully saturated rings. The molecule has 0 aliphatic heterocycles. The monoisotopic (exact) mass is 839 g/mol. The second kappa shape index (κ2) is 15.9. The quantitative estimate of drug-likeness (QED) is 0.0224. The van der Waals surface area contributed by atoms with Crippen LogP contribution in [0.25, 0.3) is 10.8 Å². The summed E-state index contributed by atoms with van der Waals surface area (Å²) in [4.78, 5) is 22.5. The van der Waals surface area contributed by atoms with E-state index in [9.17, 15) is 39.2 Å². The van der Waals surface area contributed by atoms with Gasteiger partial charge in [0.05, 0.1) is 22.6 Å². The molecule has 0 radical (unpaired) electrons. The Hall–Kier alpha value is -5.35. The number of halogens is 1. The van der Waals surface area contributed by atoms with E-state index in [1.165, 1.54) is 48.5 Å². The summed E-state index contributed by atoms with van der Waals surface area (Å²) in [5.74, 6) is -0.134. The lowest BCUT2D eigenvalue weighted by atomic mass is 10.1. The predicted molar refractivity (Wildman–Crippen MR) is 193 cm³/mol. The molecule has 0 aliphatic carbocycles. The van der Waals surface area contributed by atoms with Crippen molar-refractivity contribution >= 4 is 111 Å². The predicted octanol–water partition coefficient (Wildman–Crippen LogP) is 5.91. The van der Waals surface area contributed by atoms with Crippen LogP contribution in [0.5, 0.6) is 0 Å². The van der Waals surface area contributed by atoms with Gasteiger partial charge >= 0.3 is 6.03 Å². The number of carbonyl (C=O) groups excluding carboxylic acids is 1. The number of amides is 2. The topological polar surface area (TPSA) is 324 Å². The minimum atomic E-state index is -5.04. The van der Waals surface area contributed by atoms with Crippen molar-refractivity contribution in [3.63, 3.8) is 0 Å². The van der Waals surface area contributed by atoms with E-state index >= 15 is 0 Å². The number of azo groups is 1. The third-order valence-corrected chi connectivity index (χ3v) is 10.6. The van der Waals surface area contributed by atoms with Crippen LogP contribution in [-0.4, -0.2) is 60.6 Å². The second-order valence-electron chi connectivity index (χ2n) is 10.3. The van der Waals surface area contributed by atoms with Gasteiger partial charge < -0.3 is 21.7 Å². The number of hydrogen-bond acceptors (Lipinski definition) is 18. The second-order valence-corrected chi connectivity index (χ2v) is 16.1. The number of nitrogens with two attached hydrogens (primary N) is 1. The number of sulfone groups is 1. The van der Waals surface area contributed by atoms with E-state index in [-0.39, 0.29) is 54.8 Å². The molecule has 8 N–H and O–H groups in total. The molecule has 282 valence electrons. The molecule has 4 aromatic carbocycles. The van der Waals surface area contributed by atoms with E-state index in [1.54, 1.807) is 0 Å². The molecule has 0 aliphatic rings. The minimum Gasteiger partial charge on any atom is -0.351 e. The summed E-state index contributed by atoms with van der Waals surface area (Å²) in [6.07, 6.45) is 0. The van der Waals surface area contributed by atoms with E-state index in [4.69, 9.17) is 22.6 Å². The lowest BCUT2D eigenvalue weighted by Crippen LogP contribution is -2.19. The molecule has 5 aromatic rings.